The molecule has 0 fully saturated rings. The molecule has 0 bridgehead atoms. The first-order chi connectivity index (χ1) is 63.4. The summed E-state index contributed by atoms with van der Waals surface area (Å²) in [6.07, 6.45) is 126. The molecule has 0 aliphatic carbocycles. The van der Waals surface area contributed by atoms with Gasteiger partial charge in [0, 0.05) is 155 Å². The number of carbonyl (C=O) groups is 8. The summed E-state index contributed by atoms with van der Waals surface area (Å²) in [5, 5.41) is 0. The Balaban J connectivity index is -0.000000223. The average Bonchev–Trinajstić information content (AvgIpc) is 1.05. The number of likely N-dealkylation sites (N-methyl/N-ethyl adjacent to an activating group) is 8. The summed E-state index contributed by atoms with van der Waals surface area (Å²) in [7, 11) is 28.1. The molecule has 0 saturated heterocycles. The minimum Gasteiger partial charge on any atom is -0.345 e. The molecule has 0 spiro atoms. The number of rotatable bonds is 69. The SMILES string of the molecule is CCCC/C=C/C=C/C(=O)N(C)C.CCCCC/C=C/C=C/C(=O)N(C)C.CCCCCC/C=C/C=C/C(=O)N(C)C.CCCCCCC/C=C/C=C/C(=O)N(C)C.CCCCCCCCC/C=C/C=C/C(=O)N(C)C.CCCCCCCCCC/C=C/C(=O)N(C)C.CCCCCCCCCC/C=C/C=C/C(=O)N(C)C.CCCCCCCCCCC/C=C/C=C/C(=O)N(C)C. The van der Waals surface area contributed by atoms with Crippen molar-refractivity contribution in [3.63, 3.8) is 0 Å². The Morgan fingerprint density at radius 3 is 0.386 bits per heavy atom. The third kappa shape index (κ3) is 133. The molecule has 0 radical (unpaired) electrons. The highest BCUT2D eigenvalue weighted by Crippen LogP contribution is 2.15. The van der Waals surface area contributed by atoms with Crippen LogP contribution in [0, 0.1) is 0 Å². The van der Waals surface area contributed by atoms with Crippen molar-refractivity contribution in [2.75, 3.05) is 113 Å². The van der Waals surface area contributed by atoms with Crippen LogP contribution in [-0.2, 0) is 38.4 Å². The van der Waals surface area contributed by atoms with Gasteiger partial charge >= 0.3 is 0 Å². The van der Waals surface area contributed by atoms with Crippen LogP contribution < -0.4 is 0 Å². The zero-order valence-electron chi connectivity index (χ0n) is 90.3. The van der Waals surface area contributed by atoms with Crippen LogP contribution in [0.25, 0.3) is 0 Å². The van der Waals surface area contributed by atoms with Gasteiger partial charge in [0.15, 0.2) is 0 Å². The smallest absolute Gasteiger partial charge is 0.246 e. The van der Waals surface area contributed by atoms with Gasteiger partial charge in [-0.1, -0.05) is 439 Å². The monoisotopic (exact) mass is 1840 g/mol. The van der Waals surface area contributed by atoms with Gasteiger partial charge < -0.3 is 39.2 Å². The topological polar surface area (TPSA) is 162 Å². The van der Waals surface area contributed by atoms with Crippen molar-refractivity contribution in [3.05, 3.63) is 182 Å². The first-order valence-corrected chi connectivity index (χ1v) is 52.1. The highest BCUT2D eigenvalue weighted by atomic mass is 16.2. The molecule has 0 aromatic rings. The van der Waals surface area contributed by atoms with Crippen LogP contribution in [0.15, 0.2) is 182 Å². The van der Waals surface area contributed by atoms with Gasteiger partial charge in [-0.05, 0) is 102 Å². The fourth-order valence-corrected chi connectivity index (χ4v) is 11.5. The third-order valence-electron chi connectivity index (χ3n) is 20.5. The zero-order chi connectivity index (χ0) is 101. The second kappa shape index (κ2) is 119. The Morgan fingerprint density at radius 2 is 0.235 bits per heavy atom. The molecule has 0 aromatic heterocycles. The van der Waals surface area contributed by atoms with E-state index in [-0.39, 0.29) is 47.3 Å². The number of carbonyl (C=O) groups excluding carboxylic acids is 8. The Bertz CT molecular complexity index is 3050. The molecule has 0 atom stereocenters. The van der Waals surface area contributed by atoms with Crippen molar-refractivity contribution < 1.29 is 38.4 Å². The zero-order valence-corrected chi connectivity index (χ0v) is 90.3. The summed E-state index contributed by atoms with van der Waals surface area (Å²) < 4.78 is 0. The number of allylic oxidation sites excluding steroid dienone is 22. The highest BCUT2D eigenvalue weighted by Gasteiger charge is 2.03. The van der Waals surface area contributed by atoms with Crippen LogP contribution in [0.4, 0.5) is 0 Å². The predicted molar refractivity (Wildman–Crippen MR) is 581 cm³/mol. The van der Waals surface area contributed by atoms with Gasteiger partial charge in [-0.2, -0.15) is 0 Å². The summed E-state index contributed by atoms with van der Waals surface area (Å²) >= 11 is 0. The Morgan fingerprint density at radius 1 is 0.129 bits per heavy atom. The maximum absolute atomic E-state index is 11.2. The van der Waals surface area contributed by atoms with Crippen molar-refractivity contribution in [1.82, 2.24) is 39.2 Å². The molecule has 132 heavy (non-hydrogen) atoms. The first-order valence-electron chi connectivity index (χ1n) is 52.1. The fourth-order valence-electron chi connectivity index (χ4n) is 11.5. The van der Waals surface area contributed by atoms with Crippen molar-refractivity contribution in [2.45, 2.75) is 402 Å². The molecule has 8 amide bonds. The van der Waals surface area contributed by atoms with E-state index >= 15 is 0 Å². The molecule has 0 heterocycles. The van der Waals surface area contributed by atoms with Gasteiger partial charge in [-0.25, -0.2) is 0 Å². The molecule has 0 rings (SSSR count). The van der Waals surface area contributed by atoms with E-state index in [4.69, 9.17) is 0 Å². The highest BCUT2D eigenvalue weighted by molar-refractivity contribution is 5.90. The lowest BCUT2D eigenvalue weighted by Gasteiger charge is -2.05. The van der Waals surface area contributed by atoms with E-state index in [2.05, 4.69) is 97.9 Å². The summed E-state index contributed by atoms with van der Waals surface area (Å²) in [6, 6.07) is 0. The van der Waals surface area contributed by atoms with E-state index in [1.54, 1.807) is 213 Å². The Labute approximate surface area is 817 Å². The van der Waals surface area contributed by atoms with Gasteiger partial charge in [0.05, 0.1) is 0 Å². The molecule has 16 nitrogen and oxygen atoms in total. The van der Waals surface area contributed by atoms with Crippen molar-refractivity contribution in [3.8, 4) is 0 Å². The molecule has 0 aromatic carbocycles. The summed E-state index contributed by atoms with van der Waals surface area (Å²) in [6.45, 7) is 17.8. The average molecular weight is 1850 g/mol. The molecule has 16 heteroatoms. The number of unbranched alkanes of at least 4 members (excludes halogenated alkanes) is 46. The maximum atomic E-state index is 11.2. The third-order valence-corrected chi connectivity index (χ3v) is 20.5. The lowest BCUT2D eigenvalue weighted by Crippen LogP contribution is -2.18. The number of nitrogens with zero attached hydrogens (tertiary/aromatic N) is 8. The number of hydrogen-bond donors (Lipinski definition) is 0. The molecular weight excluding hydrogens is 1630 g/mol. The number of hydrogen-bond acceptors (Lipinski definition) is 8. The second-order valence-corrected chi connectivity index (χ2v) is 35.5. The van der Waals surface area contributed by atoms with Gasteiger partial charge in [0.25, 0.3) is 0 Å². The first kappa shape index (κ1) is 139. The second-order valence-electron chi connectivity index (χ2n) is 35.5. The molecule has 0 aliphatic heterocycles. The lowest BCUT2D eigenvalue weighted by atomic mass is 10.1. The molecular formula is C116H210N8O8. The van der Waals surface area contributed by atoms with Gasteiger partial charge in [0.2, 0.25) is 47.3 Å². The van der Waals surface area contributed by atoms with Crippen LogP contribution in [0.1, 0.15) is 402 Å². The van der Waals surface area contributed by atoms with Crippen molar-refractivity contribution in [1.29, 1.82) is 0 Å². The Hall–Kier alpha value is -8.14. The van der Waals surface area contributed by atoms with Crippen LogP contribution in [-0.4, -0.2) is 199 Å². The molecule has 0 N–H and O–H groups in total. The van der Waals surface area contributed by atoms with Gasteiger partial charge in [-0.3, -0.25) is 38.4 Å². The van der Waals surface area contributed by atoms with E-state index < -0.39 is 0 Å². The minimum absolute atomic E-state index is 0.0279. The normalized spacial score (nSPS) is 11.4. The van der Waals surface area contributed by atoms with Gasteiger partial charge in [0.1, 0.15) is 0 Å². The standard InChI is InChI=1S/C18H33NO.C17H31NO.C16H29NO.C15H29NO.C14H25NO.C13H23NO.C12H21NO.C11H19NO/c1-4-5-6-7-8-9-10-11-12-13-14-15-16-17-18(20)19(2)3;1-4-5-6-7-8-9-10-11-12-13-14-15-16-17(19)18(2)3;1-4-5-6-7-8-9-10-11-12-13-14-15-16(18)17(2)3;1-4-5-6-7-8-9-10-11-12-13-14-15(17)16(2)3;1-4-5-6-7-8-9-10-11-12-13-14(16)15(2)3;1-4-5-6-7-8-9-10-11-12-13(15)14(2)3;1-4-5-6-7-8-9-10-11-12(14)13(2)3;1-4-5-6-7-8-9-10-11(13)12(2)3/h14-17H,4-13H2,1-3H3;13-16H,4-12H2,1-3H3;12-15H,4-11H2,1-3H3;13-14H,4-12H2,1-3H3;10-13H,4-9H2,1-3H3;9-12H,4-8H2,1-3H3;8-11H,4-7H2,1-3H3;7-10H,4-6H2,1-3H3/b15-14+,17-16+;14-13+,16-15+;13-12+,15-14+;14-13+;11-10+,13-12+;10-9+,12-11+;9-8+,11-10+;8-7+,10-9+. The van der Waals surface area contributed by atoms with E-state index in [1.807, 2.05) is 79.0 Å². The quantitative estimate of drug-likeness (QED) is 0.0330. The van der Waals surface area contributed by atoms with E-state index in [0.29, 0.717) is 0 Å². The van der Waals surface area contributed by atoms with Crippen molar-refractivity contribution >= 4 is 47.3 Å². The summed E-state index contributed by atoms with van der Waals surface area (Å²) in [4.78, 5) is 102. The van der Waals surface area contributed by atoms with Crippen molar-refractivity contribution in [2.24, 2.45) is 0 Å². The lowest BCUT2D eigenvalue weighted by molar-refractivity contribution is -0.124. The molecule has 0 aliphatic rings. The van der Waals surface area contributed by atoms with E-state index in [9.17, 15) is 38.4 Å². The minimum atomic E-state index is 0.0279. The largest absolute Gasteiger partial charge is 0.345 e. The summed E-state index contributed by atoms with van der Waals surface area (Å²) in [5.41, 5.74) is 0. The molecule has 762 valence electrons. The fraction of sp³-hybridized carbons (Fsp3) is 0.672. The van der Waals surface area contributed by atoms with Crippen LogP contribution in [0.5, 0.6) is 0 Å². The summed E-state index contributed by atoms with van der Waals surface area (Å²) in [5.74, 6) is 0.330. The van der Waals surface area contributed by atoms with Crippen LogP contribution in [0.3, 0.4) is 0 Å². The van der Waals surface area contributed by atoms with E-state index in [1.165, 1.54) is 295 Å². The van der Waals surface area contributed by atoms with E-state index in [0.717, 1.165) is 51.4 Å². The maximum Gasteiger partial charge on any atom is 0.246 e. The van der Waals surface area contributed by atoms with Crippen LogP contribution in [0.2, 0.25) is 0 Å². The molecule has 0 saturated carbocycles. The number of amides is 8. The molecule has 0 unspecified atom stereocenters. The Kier molecular flexibility index (Phi) is 125. The van der Waals surface area contributed by atoms with Crippen LogP contribution >= 0.6 is 0 Å². The van der Waals surface area contributed by atoms with Gasteiger partial charge in [-0.15, -0.1) is 0 Å². The predicted octanol–water partition coefficient (Wildman–Crippen LogP) is 30.2.